The van der Waals surface area contributed by atoms with Crippen LogP contribution in [0, 0.1) is 0 Å². The molecule has 0 aliphatic rings. The predicted octanol–water partition coefficient (Wildman–Crippen LogP) is 4.47. The Morgan fingerprint density at radius 1 is 1.09 bits per heavy atom. The molecular formula is C18H15ClN4. The van der Waals surface area contributed by atoms with Gasteiger partial charge in [-0.15, -0.1) is 0 Å². The van der Waals surface area contributed by atoms with Crippen molar-refractivity contribution >= 4 is 28.2 Å². The van der Waals surface area contributed by atoms with Crippen LogP contribution in [0.2, 0.25) is 5.02 Å². The summed E-state index contributed by atoms with van der Waals surface area (Å²) < 4.78 is 1.79. The number of aromatic amines is 1. The van der Waals surface area contributed by atoms with Crippen LogP contribution in [-0.4, -0.2) is 14.8 Å². The second-order valence-corrected chi connectivity index (χ2v) is 6.03. The number of fused-ring (bicyclic) bond motifs is 1. The highest BCUT2D eigenvalue weighted by atomic mass is 35.5. The zero-order chi connectivity index (χ0) is 16.0. The number of aryl methyl sites for hydroxylation is 1. The van der Waals surface area contributed by atoms with E-state index in [1.807, 2.05) is 55.7 Å². The summed E-state index contributed by atoms with van der Waals surface area (Å²) >= 11 is 5.97. The summed E-state index contributed by atoms with van der Waals surface area (Å²) in [6.07, 6.45) is 1.92. The first-order valence-corrected chi connectivity index (χ1v) is 7.66. The summed E-state index contributed by atoms with van der Waals surface area (Å²) in [7, 11) is 1.90. The van der Waals surface area contributed by atoms with Gasteiger partial charge in [0.05, 0.1) is 11.2 Å². The molecule has 0 aliphatic carbocycles. The summed E-state index contributed by atoms with van der Waals surface area (Å²) in [4.78, 5) is 3.49. The molecule has 114 valence electrons. The van der Waals surface area contributed by atoms with Gasteiger partial charge in [0.15, 0.2) is 0 Å². The number of nitrogens with zero attached hydrogens (tertiary/aromatic N) is 2. The standard InChI is InChI=1S/C18H15ClN4/c1-23-7-6-16(22-23)15-10-14(20)8-12-9-17(21-18(12)15)11-2-4-13(19)5-3-11/h2-10,21H,20H2,1H3. The number of nitrogens with two attached hydrogens (primary N) is 1. The van der Waals surface area contributed by atoms with Crippen LogP contribution < -0.4 is 5.73 Å². The van der Waals surface area contributed by atoms with E-state index in [0.717, 1.165) is 44.1 Å². The van der Waals surface area contributed by atoms with Crippen molar-refractivity contribution in [1.29, 1.82) is 0 Å². The van der Waals surface area contributed by atoms with E-state index in [1.165, 1.54) is 0 Å². The molecular weight excluding hydrogens is 308 g/mol. The molecule has 0 aliphatic heterocycles. The molecule has 2 aromatic heterocycles. The maximum absolute atomic E-state index is 6.07. The number of halogens is 1. The molecule has 0 saturated heterocycles. The average molecular weight is 323 g/mol. The predicted molar refractivity (Wildman–Crippen MR) is 95.4 cm³/mol. The summed E-state index contributed by atoms with van der Waals surface area (Å²) in [6, 6.07) is 15.8. The van der Waals surface area contributed by atoms with Gasteiger partial charge >= 0.3 is 0 Å². The van der Waals surface area contributed by atoms with Crippen molar-refractivity contribution in [1.82, 2.24) is 14.8 Å². The molecule has 0 saturated carbocycles. The number of anilines is 1. The van der Waals surface area contributed by atoms with Crippen LogP contribution >= 0.6 is 11.6 Å². The van der Waals surface area contributed by atoms with E-state index in [-0.39, 0.29) is 0 Å². The van der Waals surface area contributed by atoms with Crippen molar-refractivity contribution in [3.63, 3.8) is 0 Å². The molecule has 0 unspecified atom stereocenters. The first-order chi connectivity index (χ1) is 11.1. The van der Waals surface area contributed by atoms with Gasteiger partial charge in [-0.25, -0.2) is 0 Å². The van der Waals surface area contributed by atoms with E-state index < -0.39 is 0 Å². The molecule has 0 fully saturated rings. The fraction of sp³-hybridized carbons (Fsp3) is 0.0556. The van der Waals surface area contributed by atoms with Crippen molar-refractivity contribution in [3.8, 4) is 22.5 Å². The third-order valence-corrected chi connectivity index (χ3v) is 4.15. The SMILES string of the molecule is Cn1ccc(-c2cc(N)cc3cc(-c4ccc(Cl)cc4)[nH]c23)n1. The minimum Gasteiger partial charge on any atom is -0.399 e. The van der Waals surface area contributed by atoms with Crippen LogP contribution in [0.5, 0.6) is 0 Å². The lowest BCUT2D eigenvalue weighted by molar-refractivity contribution is 0.771. The van der Waals surface area contributed by atoms with Crippen LogP contribution in [0.1, 0.15) is 0 Å². The molecule has 23 heavy (non-hydrogen) atoms. The number of rotatable bonds is 2. The fourth-order valence-electron chi connectivity index (χ4n) is 2.81. The Kier molecular flexibility index (Phi) is 3.13. The van der Waals surface area contributed by atoms with Gasteiger partial charge in [-0.3, -0.25) is 4.68 Å². The number of benzene rings is 2. The molecule has 0 amide bonds. The Bertz CT molecular complexity index is 996. The summed E-state index contributed by atoms with van der Waals surface area (Å²) in [6.45, 7) is 0. The highest BCUT2D eigenvalue weighted by Crippen LogP contribution is 2.33. The van der Waals surface area contributed by atoms with Gasteiger partial charge in [0, 0.05) is 40.6 Å². The maximum atomic E-state index is 6.07. The normalized spacial score (nSPS) is 11.2. The second kappa shape index (κ2) is 5.18. The zero-order valence-corrected chi connectivity index (χ0v) is 13.3. The van der Waals surface area contributed by atoms with Gasteiger partial charge in [-0.2, -0.15) is 5.10 Å². The van der Waals surface area contributed by atoms with Crippen molar-refractivity contribution in [2.75, 3.05) is 5.73 Å². The van der Waals surface area contributed by atoms with Crippen molar-refractivity contribution < 1.29 is 0 Å². The van der Waals surface area contributed by atoms with E-state index in [2.05, 4.69) is 16.1 Å². The van der Waals surface area contributed by atoms with Crippen LogP contribution in [0.15, 0.2) is 54.7 Å². The van der Waals surface area contributed by atoms with E-state index in [0.29, 0.717) is 0 Å². The summed E-state index contributed by atoms with van der Waals surface area (Å²) in [5, 5.41) is 6.28. The molecule has 4 rings (SSSR count). The van der Waals surface area contributed by atoms with Crippen LogP contribution in [-0.2, 0) is 7.05 Å². The first kappa shape index (κ1) is 13.9. The minimum absolute atomic E-state index is 0.722. The Hall–Kier alpha value is -2.72. The van der Waals surface area contributed by atoms with Gasteiger partial charge in [0.2, 0.25) is 0 Å². The van der Waals surface area contributed by atoms with Crippen LogP contribution in [0.4, 0.5) is 5.69 Å². The smallest absolute Gasteiger partial charge is 0.0944 e. The topological polar surface area (TPSA) is 59.6 Å². The van der Waals surface area contributed by atoms with Crippen molar-refractivity contribution in [2.24, 2.45) is 7.05 Å². The Morgan fingerprint density at radius 3 is 2.57 bits per heavy atom. The highest BCUT2D eigenvalue weighted by molar-refractivity contribution is 6.30. The Morgan fingerprint density at radius 2 is 1.87 bits per heavy atom. The van der Waals surface area contributed by atoms with Crippen LogP contribution in [0.3, 0.4) is 0 Å². The molecule has 0 bridgehead atoms. The molecule has 3 N–H and O–H groups in total. The molecule has 4 nitrogen and oxygen atoms in total. The third-order valence-electron chi connectivity index (χ3n) is 3.90. The Labute approximate surface area is 138 Å². The average Bonchev–Trinajstić information content (AvgIpc) is 3.13. The van der Waals surface area contributed by atoms with Gasteiger partial charge in [-0.1, -0.05) is 23.7 Å². The number of aromatic nitrogens is 3. The lowest BCUT2D eigenvalue weighted by Crippen LogP contribution is -1.91. The third kappa shape index (κ3) is 2.47. The first-order valence-electron chi connectivity index (χ1n) is 7.28. The van der Waals surface area contributed by atoms with Gasteiger partial charge in [0.25, 0.3) is 0 Å². The van der Waals surface area contributed by atoms with E-state index in [4.69, 9.17) is 17.3 Å². The maximum Gasteiger partial charge on any atom is 0.0944 e. The second-order valence-electron chi connectivity index (χ2n) is 5.60. The lowest BCUT2D eigenvalue weighted by atomic mass is 10.1. The molecule has 0 spiro atoms. The monoisotopic (exact) mass is 322 g/mol. The number of hydrogen-bond acceptors (Lipinski definition) is 2. The highest BCUT2D eigenvalue weighted by Gasteiger charge is 2.12. The molecule has 4 aromatic rings. The molecule has 0 atom stereocenters. The van der Waals surface area contributed by atoms with Crippen molar-refractivity contribution in [3.05, 3.63) is 59.8 Å². The molecule has 0 radical (unpaired) electrons. The number of nitrogen functional groups attached to an aromatic ring is 1. The molecule has 2 aromatic carbocycles. The van der Waals surface area contributed by atoms with Crippen LogP contribution in [0.25, 0.3) is 33.4 Å². The van der Waals surface area contributed by atoms with Crippen molar-refractivity contribution in [2.45, 2.75) is 0 Å². The minimum atomic E-state index is 0.722. The quantitative estimate of drug-likeness (QED) is 0.535. The van der Waals surface area contributed by atoms with E-state index in [1.54, 1.807) is 4.68 Å². The fourth-order valence-corrected chi connectivity index (χ4v) is 2.94. The van der Waals surface area contributed by atoms with E-state index >= 15 is 0 Å². The number of hydrogen-bond donors (Lipinski definition) is 2. The number of H-pyrrole nitrogens is 1. The lowest BCUT2D eigenvalue weighted by Gasteiger charge is -2.02. The Balaban J connectivity index is 1.93. The zero-order valence-electron chi connectivity index (χ0n) is 12.5. The van der Waals surface area contributed by atoms with Gasteiger partial charge in [-0.05, 0) is 42.0 Å². The summed E-state index contributed by atoms with van der Waals surface area (Å²) in [5.41, 5.74) is 11.8. The van der Waals surface area contributed by atoms with Gasteiger partial charge < -0.3 is 10.7 Å². The van der Waals surface area contributed by atoms with Gasteiger partial charge in [0.1, 0.15) is 0 Å². The summed E-state index contributed by atoms with van der Waals surface area (Å²) in [5.74, 6) is 0. The number of nitrogens with one attached hydrogen (secondary N) is 1. The molecule has 2 heterocycles. The van der Waals surface area contributed by atoms with E-state index in [9.17, 15) is 0 Å². The molecule has 5 heteroatoms. The largest absolute Gasteiger partial charge is 0.399 e.